The summed E-state index contributed by atoms with van der Waals surface area (Å²) >= 11 is 0. The predicted octanol–water partition coefficient (Wildman–Crippen LogP) is 1.95. The summed E-state index contributed by atoms with van der Waals surface area (Å²) < 4.78 is 36.7. The predicted molar refractivity (Wildman–Crippen MR) is 78.9 cm³/mol. The van der Waals surface area contributed by atoms with Gasteiger partial charge in [0.05, 0.1) is 4.90 Å². The molecule has 1 aromatic rings. The Morgan fingerprint density at radius 2 is 1.95 bits per heavy atom. The lowest BCUT2D eigenvalue weighted by molar-refractivity contribution is 0.0927. The number of hydrogen-bond donors (Lipinski definition) is 2. The van der Waals surface area contributed by atoms with Crippen LogP contribution in [0.1, 0.15) is 43.1 Å². The van der Waals surface area contributed by atoms with Crippen molar-refractivity contribution in [1.29, 1.82) is 0 Å². The number of halogens is 1. The maximum absolute atomic E-state index is 13.8. The molecular formula is C14H21FN2O3S. The van der Waals surface area contributed by atoms with E-state index in [9.17, 15) is 17.6 Å². The monoisotopic (exact) mass is 316 g/mol. The van der Waals surface area contributed by atoms with E-state index in [0.29, 0.717) is 0 Å². The zero-order chi connectivity index (χ0) is 16.4. The molecule has 1 amide bonds. The Kier molecular flexibility index (Phi) is 5.47. The highest BCUT2D eigenvalue weighted by atomic mass is 32.2. The molecule has 0 aliphatic carbocycles. The van der Waals surface area contributed by atoms with Crippen LogP contribution in [0, 0.1) is 18.7 Å². The van der Waals surface area contributed by atoms with Gasteiger partial charge in [0.1, 0.15) is 5.82 Å². The van der Waals surface area contributed by atoms with Gasteiger partial charge in [0, 0.05) is 17.2 Å². The summed E-state index contributed by atoms with van der Waals surface area (Å²) in [4.78, 5) is 11.7. The molecule has 2 atom stereocenters. The molecule has 0 spiro atoms. The minimum atomic E-state index is -4.08. The third-order valence-corrected chi connectivity index (χ3v) is 4.76. The molecule has 5 nitrogen and oxygen atoms in total. The average Bonchev–Trinajstić information content (AvgIpc) is 2.38. The van der Waals surface area contributed by atoms with Crippen LogP contribution in [-0.4, -0.2) is 20.4 Å². The van der Waals surface area contributed by atoms with Gasteiger partial charge in [-0.15, -0.1) is 0 Å². The second-order valence-corrected chi connectivity index (χ2v) is 6.80. The summed E-state index contributed by atoms with van der Waals surface area (Å²) in [7, 11) is -4.08. The van der Waals surface area contributed by atoms with E-state index >= 15 is 0 Å². The summed E-state index contributed by atoms with van der Waals surface area (Å²) in [6, 6.07) is 2.01. The second kappa shape index (κ2) is 6.53. The minimum absolute atomic E-state index is 0.0581. The van der Waals surface area contributed by atoms with Crippen molar-refractivity contribution in [3.05, 3.63) is 29.1 Å². The van der Waals surface area contributed by atoms with Gasteiger partial charge in [-0.3, -0.25) is 4.79 Å². The Morgan fingerprint density at radius 3 is 2.43 bits per heavy atom. The van der Waals surface area contributed by atoms with Crippen LogP contribution in [-0.2, 0) is 10.0 Å². The third-order valence-electron chi connectivity index (χ3n) is 3.72. The number of rotatable bonds is 5. The molecule has 0 heterocycles. The second-order valence-electron chi connectivity index (χ2n) is 5.27. The molecule has 118 valence electrons. The highest BCUT2D eigenvalue weighted by molar-refractivity contribution is 7.89. The Labute approximate surface area is 124 Å². The third kappa shape index (κ3) is 4.25. The van der Waals surface area contributed by atoms with E-state index in [1.807, 2.05) is 20.8 Å². The molecule has 1 aromatic carbocycles. The molecule has 0 aliphatic rings. The number of sulfonamides is 1. The summed E-state index contributed by atoms with van der Waals surface area (Å²) in [6.45, 7) is 7.13. The Bertz CT molecular complexity index is 644. The lowest BCUT2D eigenvalue weighted by Crippen LogP contribution is -2.37. The Hall–Kier alpha value is -1.47. The van der Waals surface area contributed by atoms with Crippen LogP contribution in [0.2, 0.25) is 0 Å². The fraction of sp³-hybridized carbons (Fsp3) is 0.500. The number of nitrogens with one attached hydrogen (secondary N) is 1. The quantitative estimate of drug-likeness (QED) is 0.870. The molecule has 0 bridgehead atoms. The van der Waals surface area contributed by atoms with Crippen molar-refractivity contribution >= 4 is 15.9 Å². The van der Waals surface area contributed by atoms with E-state index in [4.69, 9.17) is 5.14 Å². The summed E-state index contributed by atoms with van der Waals surface area (Å²) in [5, 5.41) is 7.77. The molecule has 21 heavy (non-hydrogen) atoms. The first-order valence-electron chi connectivity index (χ1n) is 6.71. The summed E-state index contributed by atoms with van der Waals surface area (Å²) in [5.41, 5.74) is -0.152. The molecule has 7 heteroatoms. The van der Waals surface area contributed by atoms with Gasteiger partial charge in [0.25, 0.3) is 5.91 Å². The van der Waals surface area contributed by atoms with Gasteiger partial charge in [-0.05, 0) is 31.9 Å². The molecule has 0 saturated heterocycles. The Balaban J connectivity index is 3.15. The van der Waals surface area contributed by atoms with Crippen molar-refractivity contribution in [2.45, 2.75) is 45.1 Å². The molecule has 1 rings (SSSR count). The van der Waals surface area contributed by atoms with Crippen LogP contribution in [0.25, 0.3) is 0 Å². The normalized spacial score (nSPS) is 14.6. The van der Waals surface area contributed by atoms with Gasteiger partial charge < -0.3 is 5.32 Å². The van der Waals surface area contributed by atoms with Crippen molar-refractivity contribution in [3.8, 4) is 0 Å². The molecular weight excluding hydrogens is 295 g/mol. The van der Waals surface area contributed by atoms with Crippen LogP contribution in [0.4, 0.5) is 4.39 Å². The van der Waals surface area contributed by atoms with E-state index in [0.717, 1.165) is 18.6 Å². The Morgan fingerprint density at radius 1 is 1.38 bits per heavy atom. The summed E-state index contributed by atoms with van der Waals surface area (Å²) in [6.07, 6.45) is 0.881. The fourth-order valence-corrected chi connectivity index (χ4v) is 2.68. The standard InChI is InChI=1S/C14H21FN2O3S/c1-5-8(2)10(4)17-14(18)11-6-12(15)9(3)13(7-11)21(16,19)20/h6-8,10H,5H2,1-4H3,(H,17,18)(H2,16,19,20). The van der Waals surface area contributed by atoms with Gasteiger partial charge in [-0.1, -0.05) is 20.3 Å². The van der Waals surface area contributed by atoms with Gasteiger partial charge in [0.2, 0.25) is 10.0 Å². The molecule has 0 saturated carbocycles. The zero-order valence-corrected chi connectivity index (χ0v) is 13.4. The zero-order valence-electron chi connectivity index (χ0n) is 12.6. The van der Waals surface area contributed by atoms with E-state index in [1.54, 1.807) is 0 Å². The van der Waals surface area contributed by atoms with Gasteiger partial charge >= 0.3 is 0 Å². The SMILES string of the molecule is CCC(C)C(C)NC(=O)c1cc(F)c(C)c(S(N)(=O)=O)c1. The lowest BCUT2D eigenvalue weighted by Gasteiger charge is -2.20. The summed E-state index contributed by atoms with van der Waals surface area (Å²) in [5.74, 6) is -1.04. The van der Waals surface area contributed by atoms with E-state index in [2.05, 4.69) is 5.32 Å². The van der Waals surface area contributed by atoms with E-state index < -0.39 is 21.7 Å². The van der Waals surface area contributed by atoms with Gasteiger partial charge in [-0.25, -0.2) is 17.9 Å². The van der Waals surface area contributed by atoms with Crippen LogP contribution in [0.5, 0.6) is 0 Å². The molecule has 0 aliphatic heterocycles. The molecule has 0 fully saturated rings. The lowest BCUT2D eigenvalue weighted by atomic mass is 10.0. The first-order chi connectivity index (χ1) is 9.57. The number of carbonyl (C=O) groups is 1. The average molecular weight is 316 g/mol. The number of carbonyl (C=O) groups excluding carboxylic acids is 1. The number of hydrogen-bond acceptors (Lipinski definition) is 3. The van der Waals surface area contributed by atoms with Gasteiger partial charge in [0.15, 0.2) is 0 Å². The first kappa shape index (κ1) is 17.6. The number of benzene rings is 1. The van der Waals surface area contributed by atoms with Crippen molar-refractivity contribution < 1.29 is 17.6 Å². The molecule has 0 radical (unpaired) electrons. The molecule has 0 aromatic heterocycles. The smallest absolute Gasteiger partial charge is 0.251 e. The fourth-order valence-electron chi connectivity index (χ4n) is 1.87. The van der Waals surface area contributed by atoms with Crippen LogP contribution >= 0.6 is 0 Å². The van der Waals surface area contributed by atoms with E-state index in [-0.39, 0.29) is 28.0 Å². The highest BCUT2D eigenvalue weighted by Gasteiger charge is 2.20. The van der Waals surface area contributed by atoms with Crippen molar-refractivity contribution in [1.82, 2.24) is 5.32 Å². The maximum atomic E-state index is 13.8. The minimum Gasteiger partial charge on any atom is -0.349 e. The topological polar surface area (TPSA) is 89.3 Å². The molecule has 3 N–H and O–H groups in total. The van der Waals surface area contributed by atoms with Crippen molar-refractivity contribution in [2.75, 3.05) is 0 Å². The van der Waals surface area contributed by atoms with Crippen LogP contribution < -0.4 is 10.5 Å². The number of amides is 1. The largest absolute Gasteiger partial charge is 0.349 e. The molecule has 2 unspecified atom stereocenters. The van der Waals surface area contributed by atoms with Crippen molar-refractivity contribution in [2.24, 2.45) is 11.1 Å². The van der Waals surface area contributed by atoms with Gasteiger partial charge in [-0.2, -0.15) is 0 Å². The number of nitrogens with two attached hydrogens (primary N) is 1. The van der Waals surface area contributed by atoms with Crippen LogP contribution in [0.15, 0.2) is 17.0 Å². The highest BCUT2D eigenvalue weighted by Crippen LogP contribution is 2.20. The number of primary sulfonamides is 1. The van der Waals surface area contributed by atoms with Crippen LogP contribution in [0.3, 0.4) is 0 Å². The van der Waals surface area contributed by atoms with E-state index in [1.165, 1.54) is 6.92 Å². The van der Waals surface area contributed by atoms with Crippen molar-refractivity contribution in [3.63, 3.8) is 0 Å². The first-order valence-corrected chi connectivity index (χ1v) is 8.26. The maximum Gasteiger partial charge on any atom is 0.251 e.